The fraction of sp³-hybridized carbons (Fsp3) is 0.938. The van der Waals surface area contributed by atoms with Crippen LogP contribution in [0.1, 0.15) is 45.4 Å². The van der Waals surface area contributed by atoms with Gasteiger partial charge in [0.05, 0.1) is 12.7 Å². The molecule has 20 heavy (non-hydrogen) atoms. The zero-order valence-corrected chi connectivity index (χ0v) is 12.7. The summed E-state index contributed by atoms with van der Waals surface area (Å²) in [6, 6.07) is 0.853. The molecule has 3 rings (SSSR count). The van der Waals surface area contributed by atoms with Crippen molar-refractivity contribution in [3.8, 4) is 0 Å². The van der Waals surface area contributed by atoms with Gasteiger partial charge in [0.15, 0.2) is 0 Å². The first-order valence-electron chi connectivity index (χ1n) is 8.03. The summed E-state index contributed by atoms with van der Waals surface area (Å²) in [5, 5.41) is 3.77. The predicted octanol–water partition coefficient (Wildman–Crippen LogP) is 1.92. The van der Waals surface area contributed by atoms with Crippen molar-refractivity contribution in [3.63, 3.8) is 0 Å². The van der Waals surface area contributed by atoms with Gasteiger partial charge in [-0.15, -0.1) is 0 Å². The molecule has 5 atom stereocenters. The van der Waals surface area contributed by atoms with Gasteiger partial charge in [-0.1, -0.05) is 6.42 Å². The fourth-order valence-corrected chi connectivity index (χ4v) is 4.79. The zero-order valence-electron chi connectivity index (χ0n) is 12.7. The molecule has 3 unspecified atom stereocenters. The van der Waals surface area contributed by atoms with Gasteiger partial charge in [0, 0.05) is 31.2 Å². The van der Waals surface area contributed by atoms with Crippen molar-refractivity contribution >= 4 is 5.78 Å². The van der Waals surface area contributed by atoms with Crippen LogP contribution in [-0.2, 0) is 14.3 Å². The van der Waals surface area contributed by atoms with Gasteiger partial charge in [-0.2, -0.15) is 0 Å². The Morgan fingerprint density at radius 2 is 2.25 bits per heavy atom. The van der Waals surface area contributed by atoms with Crippen LogP contribution < -0.4 is 5.32 Å². The van der Waals surface area contributed by atoms with Crippen LogP contribution in [0.3, 0.4) is 0 Å². The average molecular weight is 281 g/mol. The van der Waals surface area contributed by atoms with Gasteiger partial charge in [-0.3, -0.25) is 4.79 Å². The summed E-state index contributed by atoms with van der Waals surface area (Å²) < 4.78 is 11.0. The number of fused-ring (bicyclic) bond motifs is 1. The smallest absolute Gasteiger partial charge is 0.136 e. The standard InChI is InChI=1S/C16H27NO3/c1-11(18)16-6-3-4-12(16)8-13(9-16)17-14-5-7-20-10-15(14)19-2/h12-15,17H,3-10H2,1-2H3/t12?,13-,14?,15-,16?/m0/s1. The number of hydrogen-bond donors (Lipinski definition) is 1. The molecular weight excluding hydrogens is 254 g/mol. The molecule has 4 heteroatoms. The summed E-state index contributed by atoms with van der Waals surface area (Å²) in [5.74, 6) is 1.03. The third-order valence-corrected chi connectivity index (χ3v) is 5.89. The Bertz CT molecular complexity index is 373. The van der Waals surface area contributed by atoms with Crippen molar-refractivity contribution in [2.24, 2.45) is 11.3 Å². The zero-order chi connectivity index (χ0) is 14.2. The summed E-state index contributed by atoms with van der Waals surface area (Å²) >= 11 is 0. The Kier molecular flexibility index (Phi) is 4.16. The summed E-state index contributed by atoms with van der Waals surface area (Å²) in [5.41, 5.74) is -0.00853. The highest BCUT2D eigenvalue weighted by molar-refractivity contribution is 5.83. The van der Waals surface area contributed by atoms with E-state index in [1.165, 1.54) is 12.8 Å². The minimum absolute atomic E-state index is 0.00853. The Labute approximate surface area is 121 Å². The van der Waals surface area contributed by atoms with E-state index < -0.39 is 0 Å². The van der Waals surface area contributed by atoms with Crippen molar-refractivity contribution in [3.05, 3.63) is 0 Å². The molecule has 4 nitrogen and oxygen atoms in total. The second-order valence-corrected chi connectivity index (χ2v) is 6.85. The molecule has 0 aromatic carbocycles. The lowest BCUT2D eigenvalue weighted by Gasteiger charge is -2.34. The van der Waals surface area contributed by atoms with Crippen LogP contribution in [-0.4, -0.2) is 44.3 Å². The van der Waals surface area contributed by atoms with Crippen LogP contribution in [0.2, 0.25) is 0 Å². The minimum Gasteiger partial charge on any atom is -0.379 e. The van der Waals surface area contributed by atoms with Crippen molar-refractivity contribution in [1.82, 2.24) is 5.32 Å². The van der Waals surface area contributed by atoms with E-state index in [0.717, 1.165) is 32.3 Å². The average Bonchev–Trinajstić information content (AvgIpc) is 2.97. The molecule has 1 aliphatic heterocycles. The van der Waals surface area contributed by atoms with E-state index in [9.17, 15) is 4.79 Å². The van der Waals surface area contributed by atoms with E-state index >= 15 is 0 Å². The lowest BCUT2D eigenvalue weighted by atomic mass is 9.77. The molecular formula is C16H27NO3. The molecule has 1 N–H and O–H groups in total. The summed E-state index contributed by atoms with van der Waals surface area (Å²) in [4.78, 5) is 12.1. The molecule has 2 aliphatic carbocycles. The lowest BCUT2D eigenvalue weighted by molar-refractivity contribution is -0.127. The lowest BCUT2D eigenvalue weighted by Crippen LogP contribution is -2.50. The Hall–Kier alpha value is -0.450. The molecule has 3 fully saturated rings. The molecule has 0 spiro atoms. The maximum absolute atomic E-state index is 12.1. The number of nitrogens with one attached hydrogen (secondary N) is 1. The van der Waals surface area contributed by atoms with Gasteiger partial charge in [0.25, 0.3) is 0 Å². The van der Waals surface area contributed by atoms with Gasteiger partial charge >= 0.3 is 0 Å². The van der Waals surface area contributed by atoms with Crippen LogP contribution in [0.4, 0.5) is 0 Å². The highest BCUT2D eigenvalue weighted by Crippen LogP contribution is 2.54. The highest BCUT2D eigenvalue weighted by Gasteiger charge is 2.53. The molecule has 1 saturated heterocycles. The predicted molar refractivity (Wildman–Crippen MR) is 76.6 cm³/mol. The van der Waals surface area contributed by atoms with Crippen LogP contribution >= 0.6 is 0 Å². The molecule has 0 amide bonds. The van der Waals surface area contributed by atoms with Crippen LogP contribution in [0.15, 0.2) is 0 Å². The fourth-order valence-electron chi connectivity index (χ4n) is 4.79. The van der Waals surface area contributed by atoms with E-state index in [-0.39, 0.29) is 11.5 Å². The molecule has 114 valence electrons. The maximum atomic E-state index is 12.1. The Balaban J connectivity index is 1.64. The van der Waals surface area contributed by atoms with Crippen LogP contribution in [0, 0.1) is 11.3 Å². The topological polar surface area (TPSA) is 47.6 Å². The van der Waals surface area contributed by atoms with Crippen molar-refractivity contribution in [2.45, 2.75) is 63.6 Å². The van der Waals surface area contributed by atoms with Crippen molar-refractivity contribution in [2.75, 3.05) is 20.3 Å². The maximum Gasteiger partial charge on any atom is 0.136 e. The van der Waals surface area contributed by atoms with E-state index in [1.54, 1.807) is 14.0 Å². The molecule has 0 aromatic heterocycles. The van der Waals surface area contributed by atoms with Gasteiger partial charge in [-0.25, -0.2) is 0 Å². The quantitative estimate of drug-likeness (QED) is 0.855. The first-order chi connectivity index (χ1) is 9.65. The molecule has 1 heterocycles. The Morgan fingerprint density at radius 1 is 1.40 bits per heavy atom. The van der Waals surface area contributed by atoms with Crippen LogP contribution in [0.5, 0.6) is 0 Å². The minimum atomic E-state index is -0.00853. The second kappa shape index (κ2) is 5.74. The van der Waals surface area contributed by atoms with Crippen LogP contribution in [0.25, 0.3) is 0 Å². The molecule has 3 aliphatic rings. The van der Waals surface area contributed by atoms with Gasteiger partial charge < -0.3 is 14.8 Å². The summed E-state index contributed by atoms with van der Waals surface area (Å²) in [6.45, 7) is 3.29. The number of carbonyl (C=O) groups excluding carboxylic acids is 1. The van der Waals surface area contributed by atoms with Gasteiger partial charge in [0.2, 0.25) is 0 Å². The number of ketones is 1. The van der Waals surface area contributed by atoms with Gasteiger partial charge in [0.1, 0.15) is 5.78 Å². The highest BCUT2D eigenvalue weighted by atomic mass is 16.5. The SMILES string of the molecule is CO[C@H]1COCCC1N[C@H]1CC2CCCC2(C(C)=O)C1. The van der Waals surface area contributed by atoms with E-state index in [2.05, 4.69) is 5.32 Å². The number of hydrogen-bond acceptors (Lipinski definition) is 4. The van der Waals surface area contributed by atoms with Crippen molar-refractivity contribution < 1.29 is 14.3 Å². The Morgan fingerprint density at radius 3 is 2.95 bits per heavy atom. The molecule has 2 saturated carbocycles. The largest absolute Gasteiger partial charge is 0.379 e. The number of carbonyl (C=O) groups is 1. The van der Waals surface area contributed by atoms with E-state index in [0.29, 0.717) is 30.4 Å². The summed E-state index contributed by atoms with van der Waals surface area (Å²) in [6.07, 6.45) is 6.92. The first kappa shape index (κ1) is 14.5. The third-order valence-electron chi connectivity index (χ3n) is 5.89. The van der Waals surface area contributed by atoms with E-state index in [1.807, 2.05) is 0 Å². The molecule has 0 radical (unpaired) electrons. The third kappa shape index (κ3) is 2.42. The van der Waals surface area contributed by atoms with Crippen molar-refractivity contribution in [1.29, 1.82) is 0 Å². The monoisotopic (exact) mass is 281 g/mol. The normalized spacial score (nSPS) is 44.5. The number of ether oxygens (including phenoxy) is 2. The number of methoxy groups -OCH3 is 1. The first-order valence-corrected chi connectivity index (χ1v) is 8.03. The second-order valence-electron chi connectivity index (χ2n) is 6.85. The number of rotatable bonds is 4. The molecule has 0 aromatic rings. The van der Waals surface area contributed by atoms with E-state index in [4.69, 9.17) is 9.47 Å². The number of Topliss-reactive ketones (excluding diaryl/α,β-unsaturated/α-hetero) is 1. The summed E-state index contributed by atoms with van der Waals surface area (Å²) in [7, 11) is 1.76. The molecule has 0 bridgehead atoms. The van der Waals surface area contributed by atoms with Gasteiger partial charge in [-0.05, 0) is 44.9 Å².